The van der Waals surface area contributed by atoms with Crippen molar-refractivity contribution >= 4 is 10.0 Å². The van der Waals surface area contributed by atoms with Gasteiger partial charge < -0.3 is 4.74 Å². The van der Waals surface area contributed by atoms with Crippen molar-refractivity contribution in [3.63, 3.8) is 0 Å². The van der Waals surface area contributed by atoms with Crippen LogP contribution in [0.5, 0.6) is 5.75 Å². The van der Waals surface area contributed by atoms with Gasteiger partial charge in [-0.05, 0) is 62.3 Å². The number of benzene rings is 1. The smallest absolute Gasteiger partial charge is 0.238 e. The molecule has 0 aromatic heterocycles. The van der Waals surface area contributed by atoms with Crippen LogP contribution in [-0.2, 0) is 10.0 Å². The number of nitrogens with two attached hydrogens (primary N) is 1. The monoisotopic (exact) mass is 297 g/mol. The minimum atomic E-state index is -3.64. The highest BCUT2D eigenvalue weighted by atomic mass is 32.2. The standard InChI is InChI=1S/C15H23NO3S/c1-3-12-4-6-13(7-5-12)19-15-9-8-14(10-11(15)2)20(16,17)18/h8-10,12-13H,3-7H2,1-2H3,(H2,16,17,18). The molecule has 0 unspecified atom stereocenters. The van der Waals surface area contributed by atoms with Gasteiger partial charge in [-0.3, -0.25) is 0 Å². The topological polar surface area (TPSA) is 69.4 Å². The first-order valence-corrected chi connectivity index (χ1v) is 8.75. The Hall–Kier alpha value is -1.07. The number of hydrogen-bond donors (Lipinski definition) is 1. The summed E-state index contributed by atoms with van der Waals surface area (Å²) < 4.78 is 28.6. The number of ether oxygens (including phenoxy) is 1. The summed E-state index contributed by atoms with van der Waals surface area (Å²) in [5.41, 5.74) is 0.814. The van der Waals surface area contributed by atoms with Gasteiger partial charge >= 0.3 is 0 Å². The Bertz CT molecular complexity index is 560. The molecule has 1 fully saturated rings. The van der Waals surface area contributed by atoms with Crippen LogP contribution in [0.1, 0.15) is 44.6 Å². The van der Waals surface area contributed by atoms with E-state index in [-0.39, 0.29) is 11.0 Å². The molecule has 1 aliphatic carbocycles. The van der Waals surface area contributed by atoms with E-state index in [4.69, 9.17) is 9.88 Å². The zero-order valence-electron chi connectivity index (χ0n) is 12.1. The summed E-state index contributed by atoms with van der Waals surface area (Å²) in [4.78, 5) is 0.136. The van der Waals surface area contributed by atoms with Gasteiger partial charge in [0.25, 0.3) is 0 Å². The number of hydrogen-bond acceptors (Lipinski definition) is 3. The summed E-state index contributed by atoms with van der Waals surface area (Å²) in [5.74, 6) is 1.60. The van der Waals surface area contributed by atoms with Crippen molar-refractivity contribution in [2.75, 3.05) is 0 Å². The molecule has 0 atom stereocenters. The maximum atomic E-state index is 11.3. The number of aryl methyl sites for hydroxylation is 1. The molecule has 112 valence electrons. The zero-order chi connectivity index (χ0) is 14.8. The predicted molar refractivity (Wildman–Crippen MR) is 79.2 cm³/mol. The predicted octanol–water partition coefficient (Wildman–Crippen LogP) is 2.99. The second kappa shape index (κ2) is 6.14. The maximum Gasteiger partial charge on any atom is 0.238 e. The molecule has 1 aromatic carbocycles. The van der Waals surface area contributed by atoms with Gasteiger partial charge in [0.1, 0.15) is 5.75 Å². The van der Waals surface area contributed by atoms with E-state index in [0.29, 0.717) is 0 Å². The molecule has 2 N–H and O–H groups in total. The Morgan fingerprint density at radius 1 is 1.25 bits per heavy atom. The van der Waals surface area contributed by atoms with Gasteiger partial charge in [-0.25, -0.2) is 13.6 Å². The lowest BCUT2D eigenvalue weighted by Crippen LogP contribution is -2.24. The fourth-order valence-corrected chi connectivity index (χ4v) is 3.37. The molecule has 1 saturated carbocycles. The molecular weight excluding hydrogens is 274 g/mol. The Balaban J connectivity index is 2.04. The third kappa shape index (κ3) is 3.73. The van der Waals surface area contributed by atoms with E-state index in [2.05, 4.69) is 6.92 Å². The van der Waals surface area contributed by atoms with Crippen LogP contribution < -0.4 is 9.88 Å². The van der Waals surface area contributed by atoms with E-state index in [1.165, 1.54) is 25.3 Å². The van der Waals surface area contributed by atoms with Crippen LogP contribution >= 0.6 is 0 Å². The largest absolute Gasteiger partial charge is 0.490 e. The highest BCUT2D eigenvalue weighted by molar-refractivity contribution is 7.89. The summed E-state index contributed by atoms with van der Waals surface area (Å²) in [6.07, 6.45) is 6.08. The molecule has 0 aliphatic heterocycles. The summed E-state index contributed by atoms with van der Waals surface area (Å²) in [6.45, 7) is 4.09. The number of sulfonamides is 1. The molecule has 20 heavy (non-hydrogen) atoms. The lowest BCUT2D eigenvalue weighted by molar-refractivity contribution is 0.129. The normalized spacial score (nSPS) is 23.6. The summed E-state index contributed by atoms with van der Waals surface area (Å²) >= 11 is 0. The molecule has 5 heteroatoms. The highest BCUT2D eigenvalue weighted by Gasteiger charge is 2.22. The van der Waals surface area contributed by atoms with Crippen molar-refractivity contribution in [3.05, 3.63) is 23.8 Å². The van der Waals surface area contributed by atoms with Gasteiger partial charge in [-0.2, -0.15) is 0 Å². The van der Waals surface area contributed by atoms with Crippen molar-refractivity contribution in [3.8, 4) is 5.75 Å². The van der Waals surface area contributed by atoms with E-state index >= 15 is 0 Å². The lowest BCUT2D eigenvalue weighted by atomic mass is 9.86. The second-order valence-corrected chi connectivity index (χ2v) is 7.20. The molecule has 0 heterocycles. The van der Waals surface area contributed by atoms with Crippen molar-refractivity contribution < 1.29 is 13.2 Å². The van der Waals surface area contributed by atoms with E-state index < -0.39 is 10.0 Å². The Kier molecular flexibility index (Phi) is 4.70. The Morgan fingerprint density at radius 3 is 2.40 bits per heavy atom. The second-order valence-electron chi connectivity index (χ2n) is 5.64. The van der Waals surface area contributed by atoms with Crippen molar-refractivity contribution in [1.29, 1.82) is 0 Å². The molecule has 4 nitrogen and oxygen atoms in total. The first kappa shape index (κ1) is 15.3. The number of primary sulfonamides is 1. The van der Waals surface area contributed by atoms with E-state index in [0.717, 1.165) is 30.1 Å². The zero-order valence-corrected chi connectivity index (χ0v) is 12.9. The van der Waals surface area contributed by atoms with Crippen molar-refractivity contribution in [1.82, 2.24) is 0 Å². The highest BCUT2D eigenvalue weighted by Crippen LogP contribution is 2.31. The fraction of sp³-hybridized carbons (Fsp3) is 0.600. The van der Waals surface area contributed by atoms with Crippen LogP contribution in [0.2, 0.25) is 0 Å². The van der Waals surface area contributed by atoms with Crippen LogP contribution in [-0.4, -0.2) is 14.5 Å². The van der Waals surface area contributed by atoms with Gasteiger partial charge in [-0.15, -0.1) is 0 Å². The van der Waals surface area contributed by atoms with Crippen LogP contribution in [0.15, 0.2) is 23.1 Å². The summed E-state index contributed by atoms with van der Waals surface area (Å²) in [7, 11) is -3.64. The van der Waals surface area contributed by atoms with E-state index in [1.54, 1.807) is 12.1 Å². The van der Waals surface area contributed by atoms with Gasteiger partial charge in [0, 0.05) is 0 Å². The molecule has 0 bridgehead atoms. The third-order valence-electron chi connectivity index (χ3n) is 4.14. The molecule has 1 aliphatic rings. The average molecular weight is 297 g/mol. The summed E-state index contributed by atoms with van der Waals surface area (Å²) in [6, 6.07) is 4.79. The average Bonchev–Trinajstić information content (AvgIpc) is 2.41. The van der Waals surface area contributed by atoms with E-state index in [9.17, 15) is 8.42 Å². The molecule has 0 saturated heterocycles. The molecule has 2 rings (SSSR count). The maximum absolute atomic E-state index is 11.3. The molecular formula is C15H23NO3S. The van der Waals surface area contributed by atoms with Crippen molar-refractivity contribution in [2.24, 2.45) is 11.1 Å². The third-order valence-corrected chi connectivity index (χ3v) is 5.05. The fourth-order valence-electron chi connectivity index (χ4n) is 2.77. The van der Waals surface area contributed by atoms with Gasteiger partial charge in [0.15, 0.2) is 0 Å². The van der Waals surface area contributed by atoms with Crippen LogP contribution in [0, 0.1) is 12.8 Å². The minimum absolute atomic E-state index is 0.136. The van der Waals surface area contributed by atoms with Gasteiger partial charge in [0.2, 0.25) is 10.0 Å². The lowest BCUT2D eigenvalue weighted by Gasteiger charge is -2.28. The van der Waals surface area contributed by atoms with Gasteiger partial charge in [0.05, 0.1) is 11.0 Å². The Morgan fingerprint density at radius 2 is 1.90 bits per heavy atom. The van der Waals surface area contributed by atoms with Crippen LogP contribution in [0.4, 0.5) is 0 Å². The minimum Gasteiger partial charge on any atom is -0.490 e. The van der Waals surface area contributed by atoms with Crippen LogP contribution in [0.25, 0.3) is 0 Å². The Labute approximate surface area is 121 Å². The molecule has 1 aromatic rings. The molecule has 0 spiro atoms. The molecule has 0 radical (unpaired) electrons. The number of rotatable bonds is 4. The van der Waals surface area contributed by atoms with E-state index in [1.807, 2.05) is 6.92 Å². The first-order valence-electron chi connectivity index (χ1n) is 7.20. The van der Waals surface area contributed by atoms with Gasteiger partial charge in [-0.1, -0.05) is 13.3 Å². The van der Waals surface area contributed by atoms with Crippen molar-refractivity contribution in [2.45, 2.75) is 57.0 Å². The molecule has 0 amide bonds. The first-order chi connectivity index (χ1) is 9.40. The van der Waals surface area contributed by atoms with Crippen LogP contribution in [0.3, 0.4) is 0 Å². The SMILES string of the molecule is CCC1CCC(Oc2ccc(S(N)(=O)=O)cc2C)CC1. The quantitative estimate of drug-likeness (QED) is 0.928. The summed E-state index contributed by atoms with van der Waals surface area (Å²) in [5, 5.41) is 5.12.